The molecule has 0 radical (unpaired) electrons. The van der Waals surface area contributed by atoms with Gasteiger partial charge < -0.3 is 5.32 Å². The van der Waals surface area contributed by atoms with E-state index >= 15 is 0 Å². The van der Waals surface area contributed by atoms with E-state index in [1.807, 2.05) is 25.1 Å². The Morgan fingerprint density at radius 3 is 2.57 bits per heavy atom. The van der Waals surface area contributed by atoms with Gasteiger partial charge in [-0.15, -0.1) is 0 Å². The zero-order chi connectivity index (χ0) is 15.4. The lowest BCUT2D eigenvalue weighted by atomic mass is 10.1. The Hall–Kier alpha value is -1.24. The van der Waals surface area contributed by atoms with E-state index in [9.17, 15) is 0 Å². The molecule has 4 nitrogen and oxygen atoms in total. The van der Waals surface area contributed by atoms with E-state index in [2.05, 4.69) is 58.6 Å². The molecule has 2 aromatic rings. The fourth-order valence-corrected chi connectivity index (χ4v) is 2.73. The highest BCUT2D eigenvalue weighted by molar-refractivity contribution is 14.1. The molecule has 0 atom stereocenters. The molecule has 0 fully saturated rings. The normalized spacial score (nSPS) is 11.0. The summed E-state index contributed by atoms with van der Waals surface area (Å²) in [6.07, 6.45) is 0.942. The van der Waals surface area contributed by atoms with E-state index in [0.29, 0.717) is 11.7 Å². The van der Waals surface area contributed by atoms with Crippen LogP contribution in [0.1, 0.15) is 32.2 Å². The number of anilines is 1. The van der Waals surface area contributed by atoms with Gasteiger partial charge >= 0.3 is 0 Å². The van der Waals surface area contributed by atoms with Crippen molar-refractivity contribution in [3.63, 3.8) is 0 Å². The smallest absolute Gasteiger partial charge is 0.180 e. The minimum absolute atomic E-state index is 0.557. The highest BCUT2D eigenvalue weighted by atomic mass is 127. The van der Waals surface area contributed by atoms with Crippen LogP contribution in [-0.4, -0.2) is 21.5 Å². The van der Waals surface area contributed by atoms with Crippen LogP contribution in [0, 0.1) is 16.4 Å². The van der Waals surface area contributed by atoms with Gasteiger partial charge in [-0.3, -0.25) is 0 Å². The Balaban J connectivity index is 2.52. The van der Waals surface area contributed by atoms with Crippen molar-refractivity contribution in [1.82, 2.24) is 15.0 Å². The number of nitrogens with one attached hydrogen (secondary N) is 1. The van der Waals surface area contributed by atoms with Crippen molar-refractivity contribution in [2.75, 3.05) is 11.9 Å². The van der Waals surface area contributed by atoms with Crippen LogP contribution >= 0.6 is 22.6 Å². The molecule has 0 aliphatic rings. The average molecular weight is 396 g/mol. The summed E-state index contributed by atoms with van der Waals surface area (Å²) in [6, 6.07) is 5.94. The van der Waals surface area contributed by atoms with Gasteiger partial charge in [0.1, 0.15) is 11.5 Å². The molecule has 2 aromatic heterocycles. The first kappa shape index (κ1) is 16.1. The molecule has 0 bridgehead atoms. The predicted octanol–water partition coefficient (Wildman–Crippen LogP) is 4.08. The maximum absolute atomic E-state index is 4.75. The largest absolute Gasteiger partial charge is 0.369 e. The van der Waals surface area contributed by atoms with Crippen molar-refractivity contribution in [2.24, 2.45) is 5.92 Å². The van der Waals surface area contributed by atoms with Gasteiger partial charge in [-0.05, 0) is 60.9 Å². The van der Waals surface area contributed by atoms with Crippen LogP contribution in [0.3, 0.4) is 0 Å². The molecule has 0 aliphatic heterocycles. The van der Waals surface area contributed by atoms with Gasteiger partial charge in [-0.25, -0.2) is 15.0 Å². The SMILES string of the molecule is CCNc1nc(-c2cccc(C)n2)nc(CC(C)C)c1I. The van der Waals surface area contributed by atoms with Gasteiger partial charge in [0.2, 0.25) is 0 Å². The minimum atomic E-state index is 0.557. The van der Waals surface area contributed by atoms with Gasteiger partial charge in [-0.1, -0.05) is 19.9 Å². The number of hydrogen-bond acceptors (Lipinski definition) is 4. The summed E-state index contributed by atoms with van der Waals surface area (Å²) in [5.74, 6) is 2.16. The number of pyridine rings is 1. The number of aromatic nitrogens is 3. The zero-order valence-corrected chi connectivity index (χ0v) is 15.1. The number of halogens is 1. The number of rotatable bonds is 5. The third-order valence-corrected chi connectivity index (χ3v) is 4.12. The van der Waals surface area contributed by atoms with E-state index in [0.717, 1.165) is 39.4 Å². The third-order valence-electron chi connectivity index (χ3n) is 2.98. The summed E-state index contributed by atoms with van der Waals surface area (Å²) < 4.78 is 1.11. The van der Waals surface area contributed by atoms with Crippen molar-refractivity contribution in [3.8, 4) is 11.5 Å². The Morgan fingerprint density at radius 2 is 1.95 bits per heavy atom. The monoisotopic (exact) mass is 396 g/mol. The average Bonchev–Trinajstić information content (AvgIpc) is 2.42. The molecule has 1 N–H and O–H groups in total. The molecule has 112 valence electrons. The van der Waals surface area contributed by atoms with Gasteiger partial charge in [0, 0.05) is 12.2 Å². The first-order chi connectivity index (χ1) is 10.0. The summed E-state index contributed by atoms with van der Waals surface area (Å²) in [4.78, 5) is 13.9. The Labute approximate surface area is 140 Å². The van der Waals surface area contributed by atoms with Crippen molar-refractivity contribution in [1.29, 1.82) is 0 Å². The summed E-state index contributed by atoms with van der Waals surface area (Å²) in [5.41, 5.74) is 2.90. The molecule has 0 saturated carbocycles. The van der Waals surface area contributed by atoms with Crippen LogP contribution in [0.5, 0.6) is 0 Å². The summed E-state index contributed by atoms with van der Waals surface area (Å²) in [5, 5.41) is 3.33. The van der Waals surface area contributed by atoms with E-state index in [1.165, 1.54) is 0 Å². The van der Waals surface area contributed by atoms with Crippen LogP contribution < -0.4 is 5.32 Å². The van der Waals surface area contributed by atoms with Crippen molar-refractivity contribution < 1.29 is 0 Å². The zero-order valence-electron chi connectivity index (χ0n) is 12.9. The number of aryl methyl sites for hydroxylation is 1. The fraction of sp³-hybridized carbons (Fsp3) is 0.438. The number of nitrogens with zero attached hydrogens (tertiary/aromatic N) is 3. The van der Waals surface area contributed by atoms with Gasteiger partial charge in [-0.2, -0.15) is 0 Å². The molecule has 0 saturated heterocycles. The van der Waals surface area contributed by atoms with Gasteiger partial charge in [0.05, 0.1) is 9.26 Å². The fourth-order valence-electron chi connectivity index (χ4n) is 2.08. The lowest BCUT2D eigenvalue weighted by Crippen LogP contribution is -2.10. The van der Waals surface area contributed by atoms with Crippen molar-refractivity contribution in [3.05, 3.63) is 33.2 Å². The predicted molar refractivity (Wildman–Crippen MR) is 95.4 cm³/mol. The second kappa shape index (κ2) is 7.15. The first-order valence-corrected chi connectivity index (χ1v) is 8.33. The number of hydrogen-bond donors (Lipinski definition) is 1. The lowest BCUT2D eigenvalue weighted by Gasteiger charge is -2.13. The standard InChI is InChI=1S/C16H21IN4/c1-5-18-16-14(17)13(9-10(2)3)20-15(21-16)12-8-6-7-11(4)19-12/h6-8,10H,5,9H2,1-4H3,(H,18,20,21). The van der Waals surface area contributed by atoms with E-state index in [1.54, 1.807) is 0 Å². The van der Waals surface area contributed by atoms with E-state index in [-0.39, 0.29) is 0 Å². The van der Waals surface area contributed by atoms with Crippen LogP contribution in [-0.2, 0) is 6.42 Å². The second-order valence-electron chi connectivity index (χ2n) is 5.45. The molecular weight excluding hydrogens is 375 g/mol. The molecule has 0 aromatic carbocycles. The molecule has 0 unspecified atom stereocenters. The summed E-state index contributed by atoms with van der Waals surface area (Å²) in [6.45, 7) is 9.31. The molecule has 5 heteroatoms. The molecule has 0 amide bonds. The van der Waals surface area contributed by atoms with Crippen molar-refractivity contribution in [2.45, 2.75) is 34.1 Å². The van der Waals surface area contributed by atoms with E-state index in [4.69, 9.17) is 4.98 Å². The van der Waals surface area contributed by atoms with Crippen LogP contribution in [0.2, 0.25) is 0 Å². The topological polar surface area (TPSA) is 50.7 Å². The Bertz CT molecular complexity index is 626. The molecule has 2 rings (SSSR count). The first-order valence-electron chi connectivity index (χ1n) is 7.25. The summed E-state index contributed by atoms with van der Waals surface area (Å²) >= 11 is 2.33. The van der Waals surface area contributed by atoms with Crippen molar-refractivity contribution >= 4 is 28.4 Å². The second-order valence-corrected chi connectivity index (χ2v) is 6.53. The molecule has 2 heterocycles. The maximum Gasteiger partial charge on any atom is 0.180 e. The highest BCUT2D eigenvalue weighted by Gasteiger charge is 2.14. The Morgan fingerprint density at radius 1 is 1.19 bits per heavy atom. The van der Waals surface area contributed by atoms with Crippen LogP contribution in [0.15, 0.2) is 18.2 Å². The molecule has 0 aliphatic carbocycles. The molecular formula is C16H21IN4. The molecule has 21 heavy (non-hydrogen) atoms. The lowest BCUT2D eigenvalue weighted by molar-refractivity contribution is 0.632. The van der Waals surface area contributed by atoms with Crippen LogP contribution in [0.4, 0.5) is 5.82 Å². The summed E-state index contributed by atoms with van der Waals surface area (Å²) in [7, 11) is 0. The Kier molecular flexibility index (Phi) is 5.50. The van der Waals surface area contributed by atoms with E-state index < -0.39 is 0 Å². The minimum Gasteiger partial charge on any atom is -0.369 e. The van der Waals surface area contributed by atoms with Gasteiger partial charge in [0.15, 0.2) is 5.82 Å². The highest BCUT2D eigenvalue weighted by Crippen LogP contribution is 2.25. The third kappa shape index (κ3) is 4.12. The maximum atomic E-state index is 4.75. The molecule has 0 spiro atoms. The van der Waals surface area contributed by atoms with Crippen LogP contribution in [0.25, 0.3) is 11.5 Å². The van der Waals surface area contributed by atoms with Gasteiger partial charge in [0.25, 0.3) is 0 Å². The quantitative estimate of drug-likeness (QED) is 0.774.